The molecule has 8 heteroatoms. The molecule has 1 saturated heterocycles. The highest BCUT2D eigenvalue weighted by Crippen LogP contribution is 2.35. The van der Waals surface area contributed by atoms with Gasteiger partial charge in [0.05, 0.1) is 7.11 Å². The van der Waals surface area contributed by atoms with E-state index in [1.807, 2.05) is 4.90 Å². The van der Waals surface area contributed by atoms with E-state index >= 15 is 0 Å². The summed E-state index contributed by atoms with van der Waals surface area (Å²) in [7, 11) is 1.30. The molecule has 0 radical (unpaired) electrons. The monoisotopic (exact) mass is 397 g/mol. The van der Waals surface area contributed by atoms with Crippen molar-refractivity contribution in [1.82, 2.24) is 4.90 Å². The highest BCUT2D eigenvalue weighted by atomic mass is 35.5. The number of piperidine rings is 1. The fourth-order valence-corrected chi connectivity index (χ4v) is 4.17. The van der Waals surface area contributed by atoms with Crippen LogP contribution >= 0.6 is 23.4 Å². The third-order valence-corrected chi connectivity index (χ3v) is 5.58. The number of thioether (sulfide) groups is 1. The average molecular weight is 398 g/mol. The molecule has 1 aliphatic rings. The number of halogens is 1. The van der Waals surface area contributed by atoms with Crippen molar-refractivity contribution in [2.75, 3.05) is 20.2 Å². The molecule has 0 amide bonds. The predicted molar refractivity (Wildman–Crippen MR) is 100 cm³/mol. The zero-order valence-corrected chi connectivity index (χ0v) is 16.0. The number of carboxylic acid groups (broad SMARTS) is 1. The Balaban J connectivity index is 2.35. The van der Waals surface area contributed by atoms with Gasteiger partial charge >= 0.3 is 11.9 Å². The Morgan fingerprint density at radius 3 is 2.65 bits per heavy atom. The number of hydrogen-bond donors (Lipinski definition) is 1. The number of carboxylic acids is 1. The van der Waals surface area contributed by atoms with Gasteiger partial charge < -0.3 is 9.84 Å². The van der Waals surface area contributed by atoms with E-state index < -0.39 is 18.0 Å². The maximum atomic E-state index is 12.4. The first kappa shape index (κ1) is 20.5. The molecule has 1 aromatic rings. The first-order chi connectivity index (χ1) is 12.3. The molecule has 1 N–H and O–H groups in total. The summed E-state index contributed by atoms with van der Waals surface area (Å²) in [6, 6.07) is 6.25. The van der Waals surface area contributed by atoms with Gasteiger partial charge in [-0.15, -0.1) is 0 Å². The van der Waals surface area contributed by atoms with Crippen LogP contribution < -0.4 is 0 Å². The maximum absolute atomic E-state index is 12.4. The van der Waals surface area contributed by atoms with Gasteiger partial charge in [-0.3, -0.25) is 9.69 Å². The van der Waals surface area contributed by atoms with E-state index in [9.17, 15) is 14.4 Å². The zero-order chi connectivity index (χ0) is 19.3. The minimum atomic E-state index is -1.08. The summed E-state index contributed by atoms with van der Waals surface area (Å²) < 4.78 is 4.95. The summed E-state index contributed by atoms with van der Waals surface area (Å²) in [6.45, 7) is 2.20. The second kappa shape index (κ2) is 9.21. The first-order valence-corrected chi connectivity index (χ1v) is 9.26. The number of hydrogen-bond acceptors (Lipinski definition) is 6. The number of carbonyl (C=O) groups excluding carboxylic acids is 2. The van der Waals surface area contributed by atoms with Gasteiger partial charge in [-0.05, 0) is 23.6 Å². The van der Waals surface area contributed by atoms with Crippen molar-refractivity contribution in [3.63, 3.8) is 0 Å². The second-order valence-corrected chi connectivity index (χ2v) is 7.65. The molecule has 1 aliphatic heterocycles. The molecule has 1 heterocycles. The summed E-state index contributed by atoms with van der Waals surface area (Å²) in [5.74, 6) is -1.55. The molecular weight excluding hydrogens is 378 g/mol. The Kier molecular flexibility index (Phi) is 7.25. The third-order valence-electron chi connectivity index (χ3n) is 4.08. The zero-order valence-electron chi connectivity index (χ0n) is 14.5. The molecule has 2 atom stereocenters. The standard InChI is InChI=1S/C18H20ClNO5S/c1-11(21)26-15-7-8-20(10-12(15)9-16(22)23)17(18(24)25-2)13-5-3-4-6-14(13)19/h3-6,9,15,17H,7-8,10H2,1-2H3,(H,22,23)/b12-9-/t15-,17+/m1/s1. The third kappa shape index (κ3) is 5.09. The van der Waals surface area contributed by atoms with E-state index in [1.165, 1.54) is 14.0 Å². The number of rotatable bonds is 5. The van der Waals surface area contributed by atoms with Crippen LogP contribution in [-0.2, 0) is 19.1 Å². The summed E-state index contributed by atoms with van der Waals surface area (Å²) in [4.78, 5) is 36.9. The topological polar surface area (TPSA) is 83.9 Å². The molecule has 0 spiro atoms. The van der Waals surface area contributed by atoms with E-state index in [2.05, 4.69) is 0 Å². The number of carbonyl (C=O) groups is 3. The molecule has 140 valence electrons. The SMILES string of the molecule is COC(=O)[C@H](c1ccccc1Cl)N1CC[C@@H](SC(C)=O)/C(=C\C(=O)O)C1. The Labute approximate surface area is 161 Å². The van der Waals surface area contributed by atoms with E-state index in [4.69, 9.17) is 21.4 Å². The van der Waals surface area contributed by atoms with Crippen molar-refractivity contribution in [2.45, 2.75) is 24.6 Å². The molecule has 0 saturated carbocycles. The van der Waals surface area contributed by atoms with Crippen LogP contribution in [0.1, 0.15) is 24.9 Å². The highest BCUT2D eigenvalue weighted by molar-refractivity contribution is 8.14. The number of esters is 1. The van der Waals surface area contributed by atoms with E-state index in [1.54, 1.807) is 24.3 Å². The van der Waals surface area contributed by atoms with Gasteiger partial charge in [-0.2, -0.15) is 0 Å². The van der Waals surface area contributed by atoms with Crippen LogP contribution in [0.5, 0.6) is 0 Å². The van der Waals surface area contributed by atoms with Crippen molar-refractivity contribution in [2.24, 2.45) is 0 Å². The predicted octanol–water partition coefficient (Wildman–Crippen LogP) is 2.92. The lowest BCUT2D eigenvalue weighted by Crippen LogP contribution is -2.43. The smallest absolute Gasteiger partial charge is 0.328 e. The summed E-state index contributed by atoms with van der Waals surface area (Å²) in [6.07, 6.45) is 1.66. The molecule has 0 aromatic heterocycles. The van der Waals surface area contributed by atoms with Crippen molar-refractivity contribution in [1.29, 1.82) is 0 Å². The lowest BCUT2D eigenvalue weighted by Gasteiger charge is -2.37. The molecule has 1 aromatic carbocycles. The second-order valence-electron chi connectivity index (χ2n) is 5.86. The van der Waals surface area contributed by atoms with Crippen LogP contribution in [0.4, 0.5) is 0 Å². The summed E-state index contributed by atoms with van der Waals surface area (Å²) in [5.41, 5.74) is 1.19. The fourth-order valence-electron chi connectivity index (χ4n) is 3.02. The van der Waals surface area contributed by atoms with Crippen LogP contribution in [0.25, 0.3) is 0 Å². The van der Waals surface area contributed by atoms with Gasteiger partial charge in [-0.1, -0.05) is 41.6 Å². The largest absolute Gasteiger partial charge is 0.478 e. The Morgan fingerprint density at radius 2 is 2.08 bits per heavy atom. The van der Waals surface area contributed by atoms with Gasteiger partial charge in [0.2, 0.25) is 0 Å². The van der Waals surface area contributed by atoms with E-state index in [0.717, 1.165) is 17.8 Å². The number of ether oxygens (including phenoxy) is 1. The Bertz CT molecular complexity index is 736. The fraction of sp³-hybridized carbons (Fsp3) is 0.389. The van der Waals surface area contributed by atoms with Crippen LogP contribution in [0, 0.1) is 0 Å². The number of methoxy groups -OCH3 is 1. The number of likely N-dealkylation sites (tertiary alicyclic amines) is 1. The lowest BCUT2D eigenvalue weighted by molar-refractivity contribution is -0.147. The molecule has 26 heavy (non-hydrogen) atoms. The lowest BCUT2D eigenvalue weighted by atomic mass is 9.98. The molecule has 6 nitrogen and oxygen atoms in total. The number of aliphatic carboxylic acids is 1. The minimum absolute atomic E-state index is 0.0737. The van der Waals surface area contributed by atoms with Crippen LogP contribution in [0.15, 0.2) is 35.9 Å². The average Bonchev–Trinajstić information content (AvgIpc) is 2.58. The van der Waals surface area contributed by atoms with Gasteiger partial charge in [0, 0.05) is 36.4 Å². The molecule has 1 fully saturated rings. The van der Waals surface area contributed by atoms with Crippen LogP contribution in [-0.4, -0.2) is 52.5 Å². The van der Waals surface area contributed by atoms with Crippen LogP contribution in [0.3, 0.4) is 0 Å². The van der Waals surface area contributed by atoms with Gasteiger partial charge in [0.25, 0.3) is 0 Å². The van der Waals surface area contributed by atoms with Gasteiger partial charge in [-0.25, -0.2) is 9.59 Å². The normalized spacial score (nSPS) is 20.6. The molecule has 0 aliphatic carbocycles. The van der Waals surface area contributed by atoms with Crippen molar-refractivity contribution < 1.29 is 24.2 Å². The van der Waals surface area contributed by atoms with Gasteiger partial charge in [0.1, 0.15) is 6.04 Å². The molecule has 2 rings (SSSR count). The molecule has 0 unspecified atom stereocenters. The highest BCUT2D eigenvalue weighted by Gasteiger charge is 2.35. The molecular formula is C18H20ClNO5S. The van der Waals surface area contributed by atoms with Crippen molar-refractivity contribution >= 4 is 40.4 Å². The number of benzene rings is 1. The van der Waals surface area contributed by atoms with Crippen LogP contribution in [0.2, 0.25) is 5.02 Å². The first-order valence-electron chi connectivity index (χ1n) is 8.00. The van der Waals surface area contributed by atoms with E-state index in [0.29, 0.717) is 29.1 Å². The quantitative estimate of drug-likeness (QED) is 0.604. The Morgan fingerprint density at radius 1 is 1.38 bits per heavy atom. The maximum Gasteiger partial charge on any atom is 0.328 e. The van der Waals surface area contributed by atoms with Crippen molar-refractivity contribution in [3.8, 4) is 0 Å². The Hall–Kier alpha value is -1.83. The summed E-state index contributed by atoms with van der Waals surface area (Å²) >= 11 is 7.38. The van der Waals surface area contributed by atoms with Crippen molar-refractivity contribution in [3.05, 3.63) is 46.5 Å². The summed E-state index contributed by atoms with van der Waals surface area (Å²) in [5, 5.41) is 9.30. The van der Waals surface area contributed by atoms with Gasteiger partial charge in [0.15, 0.2) is 5.12 Å². The number of nitrogens with zero attached hydrogens (tertiary/aromatic N) is 1. The minimum Gasteiger partial charge on any atom is -0.478 e. The van der Waals surface area contributed by atoms with E-state index in [-0.39, 0.29) is 16.9 Å². The molecule has 0 bridgehead atoms.